The van der Waals surface area contributed by atoms with Crippen LogP contribution in [0.3, 0.4) is 0 Å². The number of aromatic nitrogens is 2. The maximum atomic E-state index is 13.6. The van der Waals surface area contributed by atoms with Gasteiger partial charge in [-0.1, -0.05) is 23.7 Å². The molecule has 0 atom stereocenters. The van der Waals surface area contributed by atoms with Crippen LogP contribution in [0.5, 0.6) is 0 Å². The zero-order valence-corrected chi connectivity index (χ0v) is 20.3. The van der Waals surface area contributed by atoms with E-state index in [-0.39, 0.29) is 24.3 Å². The van der Waals surface area contributed by atoms with Crippen LogP contribution in [0.15, 0.2) is 67.1 Å². The standard InChI is InChI=1S/C28H25ClFN3O3/c29-21-1-3-23-24(17-33(26(23)16-21)12-7-19-5-10-31-11-6-19)27(35)32-13-8-28(36,9-14-32)25-4-2-22(30)15-20(25)18-34/h1-6,10-11,15-18,36H,7-9,12-14H2. The molecule has 3 heterocycles. The molecule has 1 fully saturated rings. The number of hydrogen-bond donors (Lipinski definition) is 1. The number of aliphatic hydroxyl groups is 1. The highest BCUT2D eigenvalue weighted by molar-refractivity contribution is 6.31. The lowest BCUT2D eigenvalue weighted by Gasteiger charge is -2.39. The molecule has 1 amide bonds. The number of amides is 1. The fraction of sp³-hybridized carbons (Fsp3) is 0.250. The number of benzene rings is 2. The van der Waals surface area contributed by atoms with Gasteiger partial charge in [-0.15, -0.1) is 0 Å². The minimum atomic E-state index is -1.30. The van der Waals surface area contributed by atoms with Crippen molar-refractivity contribution in [1.29, 1.82) is 0 Å². The van der Waals surface area contributed by atoms with Gasteiger partial charge in [0.05, 0.1) is 16.7 Å². The van der Waals surface area contributed by atoms with Gasteiger partial charge in [-0.3, -0.25) is 14.6 Å². The van der Waals surface area contributed by atoms with Crippen LogP contribution in [-0.4, -0.2) is 44.8 Å². The molecule has 0 aliphatic carbocycles. The molecule has 1 N–H and O–H groups in total. The van der Waals surface area contributed by atoms with Gasteiger partial charge in [0.25, 0.3) is 5.91 Å². The van der Waals surface area contributed by atoms with Crippen molar-refractivity contribution in [3.8, 4) is 0 Å². The molecular weight excluding hydrogens is 481 g/mol. The SMILES string of the molecule is O=Cc1cc(F)ccc1C1(O)CCN(C(=O)c2cn(CCc3ccncc3)c3cc(Cl)ccc23)CC1. The third kappa shape index (κ3) is 4.64. The number of hydrogen-bond acceptors (Lipinski definition) is 4. The molecule has 1 aliphatic heterocycles. The molecule has 2 aromatic heterocycles. The van der Waals surface area contributed by atoms with Crippen LogP contribution < -0.4 is 0 Å². The Balaban J connectivity index is 1.37. The number of carbonyl (C=O) groups is 2. The largest absolute Gasteiger partial charge is 0.385 e. The average molecular weight is 506 g/mol. The van der Waals surface area contributed by atoms with Crippen LogP contribution in [-0.2, 0) is 18.6 Å². The zero-order chi connectivity index (χ0) is 25.3. The van der Waals surface area contributed by atoms with Crippen molar-refractivity contribution >= 4 is 34.7 Å². The number of fused-ring (bicyclic) bond motifs is 1. The average Bonchev–Trinajstić information content (AvgIpc) is 3.25. The molecule has 2 aromatic carbocycles. The second-order valence-corrected chi connectivity index (χ2v) is 9.61. The first-order chi connectivity index (χ1) is 17.4. The maximum absolute atomic E-state index is 13.6. The van der Waals surface area contributed by atoms with E-state index in [0.717, 1.165) is 29.0 Å². The molecule has 8 heteroatoms. The summed E-state index contributed by atoms with van der Waals surface area (Å²) in [5.74, 6) is -0.653. The van der Waals surface area contributed by atoms with E-state index in [2.05, 4.69) is 4.98 Å². The normalized spacial score (nSPS) is 15.2. The van der Waals surface area contributed by atoms with Gasteiger partial charge in [0, 0.05) is 54.2 Å². The van der Waals surface area contributed by atoms with Crippen molar-refractivity contribution < 1.29 is 19.1 Å². The van der Waals surface area contributed by atoms with Crippen LogP contribution in [0.2, 0.25) is 5.02 Å². The van der Waals surface area contributed by atoms with Gasteiger partial charge in [-0.25, -0.2) is 4.39 Å². The topological polar surface area (TPSA) is 75.4 Å². The molecule has 1 saturated heterocycles. The summed E-state index contributed by atoms with van der Waals surface area (Å²) < 4.78 is 15.6. The number of aldehydes is 1. The lowest BCUT2D eigenvalue weighted by Crippen LogP contribution is -2.45. The van der Waals surface area contributed by atoms with Crippen molar-refractivity contribution in [3.63, 3.8) is 0 Å². The molecule has 0 unspecified atom stereocenters. The Morgan fingerprint density at radius 3 is 2.58 bits per heavy atom. The summed E-state index contributed by atoms with van der Waals surface area (Å²) in [6.45, 7) is 1.29. The number of aryl methyl sites for hydroxylation is 2. The van der Waals surface area contributed by atoms with Gasteiger partial charge in [-0.2, -0.15) is 0 Å². The minimum Gasteiger partial charge on any atom is -0.385 e. The van der Waals surface area contributed by atoms with Gasteiger partial charge in [0.1, 0.15) is 5.82 Å². The Hall–Kier alpha value is -3.55. The lowest BCUT2D eigenvalue weighted by atomic mass is 9.82. The molecule has 0 spiro atoms. The van der Waals surface area contributed by atoms with E-state index in [1.54, 1.807) is 23.4 Å². The number of halogens is 2. The summed E-state index contributed by atoms with van der Waals surface area (Å²) in [5.41, 5.74) is 1.84. The first-order valence-corrected chi connectivity index (χ1v) is 12.2. The number of pyridine rings is 1. The summed E-state index contributed by atoms with van der Waals surface area (Å²) in [6, 6.07) is 13.3. The Bertz CT molecular complexity index is 1430. The van der Waals surface area contributed by atoms with E-state index < -0.39 is 11.4 Å². The van der Waals surface area contributed by atoms with Gasteiger partial charge < -0.3 is 14.6 Å². The fourth-order valence-electron chi connectivity index (χ4n) is 4.99. The molecule has 36 heavy (non-hydrogen) atoms. The van der Waals surface area contributed by atoms with Gasteiger partial charge in [0.15, 0.2) is 6.29 Å². The van der Waals surface area contributed by atoms with Gasteiger partial charge in [-0.05, 0) is 66.8 Å². The summed E-state index contributed by atoms with van der Waals surface area (Å²) >= 11 is 6.28. The second-order valence-electron chi connectivity index (χ2n) is 9.18. The summed E-state index contributed by atoms with van der Waals surface area (Å²) in [7, 11) is 0. The predicted octanol–water partition coefficient (Wildman–Crippen LogP) is 5.01. The Morgan fingerprint density at radius 1 is 1.11 bits per heavy atom. The van der Waals surface area contributed by atoms with Crippen LogP contribution in [0.25, 0.3) is 10.9 Å². The molecule has 184 valence electrons. The molecule has 0 radical (unpaired) electrons. The van der Waals surface area contributed by atoms with Crippen LogP contribution in [0.4, 0.5) is 4.39 Å². The number of likely N-dealkylation sites (tertiary alicyclic amines) is 1. The highest BCUT2D eigenvalue weighted by atomic mass is 35.5. The van der Waals surface area contributed by atoms with Crippen molar-refractivity contribution in [3.05, 3.63) is 100 Å². The summed E-state index contributed by atoms with van der Waals surface area (Å²) in [5, 5.41) is 12.7. The van der Waals surface area contributed by atoms with E-state index in [1.165, 1.54) is 12.1 Å². The highest BCUT2D eigenvalue weighted by Crippen LogP contribution is 2.36. The Labute approximate surface area is 212 Å². The van der Waals surface area contributed by atoms with Crippen molar-refractivity contribution in [1.82, 2.24) is 14.5 Å². The second kappa shape index (κ2) is 9.84. The van der Waals surface area contributed by atoms with Crippen LogP contribution in [0, 0.1) is 5.82 Å². The Morgan fingerprint density at radius 2 is 1.86 bits per heavy atom. The first kappa shape index (κ1) is 24.2. The quantitative estimate of drug-likeness (QED) is 0.374. The van der Waals surface area contributed by atoms with Crippen molar-refractivity contribution in [2.24, 2.45) is 0 Å². The minimum absolute atomic E-state index is 0.123. The highest BCUT2D eigenvalue weighted by Gasteiger charge is 2.37. The van der Waals surface area contributed by atoms with Crippen LogP contribution in [0.1, 0.15) is 44.7 Å². The van der Waals surface area contributed by atoms with Gasteiger partial charge in [0.2, 0.25) is 0 Å². The maximum Gasteiger partial charge on any atom is 0.256 e. The predicted molar refractivity (Wildman–Crippen MR) is 136 cm³/mol. The fourth-order valence-corrected chi connectivity index (χ4v) is 5.16. The smallest absolute Gasteiger partial charge is 0.256 e. The van der Waals surface area contributed by atoms with E-state index in [4.69, 9.17) is 11.6 Å². The molecule has 1 aliphatic rings. The van der Waals surface area contributed by atoms with Crippen molar-refractivity contribution in [2.75, 3.05) is 13.1 Å². The monoisotopic (exact) mass is 505 g/mol. The molecule has 0 saturated carbocycles. The van der Waals surface area contributed by atoms with E-state index >= 15 is 0 Å². The number of carbonyl (C=O) groups excluding carboxylic acids is 2. The third-order valence-corrected chi connectivity index (χ3v) is 7.22. The molecule has 6 nitrogen and oxygen atoms in total. The number of piperidine rings is 1. The molecule has 0 bridgehead atoms. The summed E-state index contributed by atoms with van der Waals surface area (Å²) in [4.78, 5) is 30.8. The third-order valence-electron chi connectivity index (χ3n) is 6.99. The number of nitrogens with zero attached hydrogens (tertiary/aromatic N) is 3. The zero-order valence-electron chi connectivity index (χ0n) is 19.5. The van der Waals surface area contributed by atoms with Crippen LogP contribution >= 0.6 is 11.6 Å². The van der Waals surface area contributed by atoms with Gasteiger partial charge >= 0.3 is 0 Å². The molecular formula is C28H25ClFN3O3. The lowest BCUT2D eigenvalue weighted by molar-refractivity contribution is -0.0215. The van der Waals surface area contributed by atoms with E-state index in [0.29, 0.717) is 42.1 Å². The molecule has 4 aromatic rings. The summed E-state index contributed by atoms with van der Waals surface area (Å²) in [6.07, 6.45) is 7.22. The first-order valence-electron chi connectivity index (χ1n) is 11.8. The molecule has 5 rings (SSSR count). The Kier molecular flexibility index (Phi) is 6.60. The number of rotatable bonds is 6. The van der Waals surface area contributed by atoms with E-state index in [9.17, 15) is 19.1 Å². The van der Waals surface area contributed by atoms with E-state index in [1.807, 2.05) is 35.0 Å². The van der Waals surface area contributed by atoms with Crippen molar-refractivity contribution in [2.45, 2.75) is 31.4 Å².